The molecule has 220 valence electrons. The molecule has 1 atom stereocenters. The smallest absolute Gasteiger partial charge is 0.481 e. The normalized spacial score (nSPS) is 14.1. The van der Waals surface area contributed by atoms with E-state index in [0.29, 0.717) is 5.69 Å². The summed E-state index contributed by atoms with van der Waals surface area (Å²) in [7, 11) is 0. The van der Waals surface area contributed by atoms with Crippen LogP contribution in [0.1, 0.15) is 35.8 Å². The van der Waals surface area contributed by atoms with Gasteiger partial charge in [0.2, 0.25) is 5.91 Å². The predicted octanol–water partition coefficient (Wildman–Crippen LogP) is 3.92. The van der Waals surface area contributed by atoms with Crippen molar-refractivity contribution < 1.29 is 33.9 Å². The highest BCUT2D eigenvalue weighted by Gasteiger charge is 2.31. The second kappa shape index (κ2) is 14.2. The molecule has 0 spiro atoms. The molecule has 2 heterocycles. The zero-order valence-electron chi connectivity index (χ0n) is 23.6. The molecule has 0 saturated carbocycles. The van der Waals surface area contributed by atoms with Crippen molar-refractivity contribution in [2.24, 2.45) is 0 Å². The highest BCUT2D eigenvalue weighted by Crippen LogP contribution is 2.28. The first-order chi connectivity index (χ1) is 20.2. The Bertz CT molecular complexity index is 1420. The Kier molecular flexibility index (Phi) is 10.2. The molecule has 1 aromatic heterocycles. The number of nitrogens with zero attached hydrogens (tertiary/aromatic N) is 3. The van der Waals surface area contributed by atoms with E-state index in [-0.39, 0.29) is 51.3 Å². The van der Waals surface area contributed by atoms with Gasteiger partial charge in [0.05, 0.1) is 25.4 Å². The molecule has 2 aromatic carbocycles. The third-order valence-corrected chi connectivity index (χ3v) is 6.85. The van der Waals surface area contributed by atoms with Gasteiger partial charge in [-0.2, -0.15) is 0 Å². The molecule has 11 heteroatoms. The van der Waals surface area contributed by atoms with E-state index in [1.807, 2.05) is 67.6 Å². The number of amides is 2. The Hall–Kier alpha value is -4.77. The van der Waals surface area contributed by atoms with Crippen LogP contribution in [0.2, 0.25) is 0 Å². The molecule has 3 aromatic rings. The van der Waals surface area contributed by atoms with Crippen LogP contribution in [0.25, 0.3) is 22.4 Å². The maximum absolute atomic E-state index is 13.6. The maximum Gasteiger partial charge on any atom is 0.527 e. The molecule has 0 unspecified atom stereocenters. The molecular formula is C31H34N4O7. The summed E-state index contributed by atoms with van der Waals surface area (Å²) in [4.78, 5) is 61.3. The fraction of sp³-hybridized carbons (Fsp3) is 0.323. The van der Waals surface area contributed by atoms with Gasteiger partial charge in [-0.3, -0.25) is 14.4 Å². The summed E-state index contributed by atoms with van der Waals surface area (Å²) >= 11 is 0. The molecule has 0 aliphatic carbocycles. The van der Waals surface area contributed by atoms with E-state index in [1.165, 1.54) is 9.96 Å². The average molecular weight is 575 g/mol. The minimum Gasteiger partial charge on any atom is -0.481 e. The first kappa shape index (κ1) is 30.2. The van der Waals surface area contributed by atoms with Crippen molar-refractivity contribution in [3.05, 3.63) is 78.0 Å². The number of carbonyl (C=O) groups is 4. The Morgan fingerprint density at radius 2 is 1.64 bits per heavy atom. The molecule has 1 aliphatic heterocycles. The molecule has 2 N–H and O–H groups in total. The third-order valence-electron chi connectivity index (χ3n) is 6.85. The first-order valence-corrected chi connectivity index (χ1v) is 13.8. The second-order valence-corrected chi connectivity index (χ2v) is 9.79. The number of benzene rings is 2. The third kappa shape index (κ3) is 7.91. The van der Waals surface area contributed by atoms with Gasteiger partial charge in [-0.1, -0.05) is 54.6 Å². The molecule has 11 nitrogen and oxygen atoms in total. The van der Waals surface area contributed by atoms with Crippen molar-refractivity contribution in [1.82, 2.24) is 20.3 Å². The van der Waals surface area contributed by atoms with Crippen LogP contribution < -0.4 is 5.32 Å². The van der Waals surface area contributed by atoms with Gasteiger partial charge in [0.15, 0.2) is 0 Å². The topological polar surface area (TPSA) is 138 Å². The summed E-state index contributed by atoms with van der Waals surface area (Å²) in [6.45, 7) is 4.73. The highest BCUT2D eigenvalue weighted by molar-refractivity contribution is 5.98. The number of hydrogen-bond acceptors (Lipinski definition) is 8. The predicted molar refractivity (Wildman–Crippen MR) is 154 cm³/mol. The Balaban J connectivity index is 1.56. The lowest BCUT2D eigenvalue weighted by Gasteiger charge is -2.35. The number of ether oxygens (including phenoxy) is 1. The monoisotopic (exact) mass is 574 g/mol. The minimum atomic E-state index is -1.09. The van der Waals surface area contributed by atoms with Crippen molar-refractivity contribution in [3.8, 4) is 22.4 Å². The quantitative estimate of drug-likeness (QED) is 0.345. The summed E-state index contributed by atoms with van der Waals surface area (Å²) in [5.74, 6) is -2.09. The molecule has 0 bridgehead atoms. The van der Waals surface area contributed by atoms with Crippen molar-refractivity contribution >= 4 is 23.9 Å². The Morgan fingerprint density at radius 1 is 0.952 bits per heavy atom. The number of piperazine rings is 1. The van der Waals surface area contributed by atoms with Gasteiger partial charge in [0, 0.05) is 25.1 Å². The molecule has 1 fully saturated rings. The van der Waals surface area contributed by atoms with Crippen molar-refractivity contribution in [2.75, 3.05) is 32.8 Å². The summed E-state index contributed by atoms with van der Waals surface area (Å²) in [5, 5.41) is 13.4. The summed E-state index contributed by atoms with van der Waals surface area (Å²) < 4.78 is 4.78. The van der Waals surface area contributed by atoms with Gasteiger partial charge in [-0.25, -0.2) is 9.78 Å². The van der Waals surface area contributed by atoms with Crippen molar-refractivity contribution in [2.45, 2.75) is 32.7 Å². The van der Waals surface area contributed by atoms with Crippen LogP contribution in [0.4, 0.5) is 4.79 Å². The molecular weight excluding hydrogens is 540 g/mol. The number of carbonyl (C=O) groups excluding carboxylic acids is 3. The number of carboxylic acids is 1. The average Bonchev–Trinajstić information content (AvgIpc) is 2.99. The zero-order chi connectivity index (χ0) is 30.1. The van der Waals surface area contributed by atoms with Crippen molar-refractivity contribution in [3.63, 3.8) is 0 Å². The lowest BCUT2D eigenvalue weighted by molar-refractivity contribution is -0.157. The van der Waals surface area contributed by atoms with Gasteiger partial charge in [0.25, 0.3) is 5.91 Å². The van der Waals surface area contributed by atoms with E-state index >= 15 is 0 Å². The van der Waals surface area contributed by atoms with Gasteiger partial charge < -0.3 is 24.9 Å². The van der Waals surface area contributed by atoms with Crippen LogP contribution in [-0.2, 0) is 19.2 Å². The molecule has 0 radical (unpaired) electrons. The fourth-order valence-corrected chi connectivity index (χ4v) is 4.67. The number of aromatic nitrogens is 1. The number of hydrogen-bond donors (Lipinski definition) is 2. The number of aryl methyl sites for hydroxylation is 1. The maximum atomic E-state index is 13.6. The molecule has 1 aliphatic rings. The van der Waals surface area contributed by atoms with Crippen molar-refractivity contribution in [1.29, 1.82) is 0 Å². The number of pyridine rings is 1. The number of aliphatic carboxylic acids is 1. The van der Waals surface area contributed by atoms with Gasteiger partial charge in [-0.15, -0.1) is 5.06 Å². The van der Waals surface area contributed by atoms with Crippen LogP contribution in [-0.4, -0.2) is 82.8 Å². The van der Waals surface area contributed by atoms with Gasteiger partial charge in [0.1, 0.15) is 11.7 Å². The number of nitrogens with one attached hydrogen (secondary N) is 1. The summed E-state index contributed by atoms with van der Waals surface area (Å²) in [6.07, 6.45) is -1.23. The van der Waals surface area contributed by atoms with Crippen LogP contribution in [0.15, 0.2) is 66.7 Å². The van der Waals surface area contributed by atoms with E-state index < -0.39 is 30.0 Å². The van der Waals surface area contributed by atoms with Crippen LogP contribution in [0.3, 0.4) is 0 Å². The lowest BCUT2D eigenvalue weighted by Crippen LogP contribution is -2.55. The second-order valence-electron chi connectivity index (χ2n) is 9.79. The van der Waals surface area contributed by atoms with Crippen LogP contribution >= 0.6 is 0 Å². The van der Waals surface area contributed by atoms with Gasteiger partial charge >= 0.3 is 12.1 Å². The number of hydroxylamine groups is 2. The Labute approximate surface area is 244 Å². The SMILES string of the molecule is CCOC(=O)ON1CCN(C(=O)[C@H](CCC(=O)O)NC(=O)c2cc(-c3ccccc3)cc(-c3ccccc3C)n2)CC1. The molecule has 4 rings (SSSR count). The number of rotatable bonds is 10. The largest absolute Gasteiger partial charge is 0.527 e. The minimum absolute atomic E-state index is 0.0948. The summed E-state index contributed by atoms with van der Waals surface area (Å²) in [6, 6.07) is 19.8. The fourth-order valence-electron chi connectivity index (χ4n) is 4.67. The molecule has 2 amide bonds. The van der Waals surface area contributed by atoms with Gasteiger partial charge in [-0.05, 0) is 49.1 Å². The lowest BCUT2D eigenvalue weighted by atomic mass is 9.99. The van der Waals surface area contributed by atoms with E-state index in [1.54, 1.807) is 13.0 Å². The molecule has 42 heavy (non-hydrogen) atoms. The van der Waals surface area contributed by atoms with Crippen LogP contribution in [0.5, 0.6) is 0 Å². The van der Waals surface area contributed by atoms with E-state index in [0.717, 1.165) is 22.3 Å². The highest BCUT2D eigenvalue weighted by atomic mass is 16.8. The zero-order valence-corrected chi connectivity index (χ0v) is 23.6. The standard InChI is InChI=1S/C31H34N4O7/c1-3-41-31(40)42-35-17-15-34(16-18-35)30(39)25(13-14-28(36)37)33-29(38)27-20-23(22-10-5-4-6-11-22)19-26(32-27)24-12-8-7-9-21(24)2/h4-12,19-20,25H,3,13-18H2,1-2H3,(H,33,38)(H,36,37)/t25-/m0/s1. The first-order valence-electron chi connectivity index (χ1n) is 13.8. The van der Waals surface area contributed by atoms with E-state index in [9.17, 15) is 24.3 Å². The Morgan fingerprint density at radius 3 is 2.31 bits per heavy atom. The van der Waals surface area contributed by atoms with Crippen LogP contribution in [0, 0.1) is 6.92 Å². The molecule has 1 saturated heterocycles. The van der Waals surface area contributed by atoms with E-state index in [4.69, 9.17) is 9.57 Å². The summed E-state index contributed by atoms with van der Waals surface area (Å²) in [5.41, 5.74) is 4.24. The number of carboxylic acid groups (broad SMARTS) is 1. The van der Waals surface area contributed by atoms with E-state index in [2.05, 4.69) is 10.3 Å².